The van der Waals surface area contributed by atoms with Crippen LogP contribution in [0.5, 0.6) is 11.5 Å². The van der Waals surface area contributed by atoms with Crippen LogP contribution < -0.4 is 9.47 Å². The molecule has 0 unspecified atom stereocenters. The van der Waals surface area contributed by atoms with E-state index in [0.717, 1.165) is 11.1 Å². The number of fused-ring (bicyclic) bond motifs is 1. The molecule has 4 rings (SSSR count). The lowest BCUT2D eigenvalue weighted by atomic mass is 9.98. The molecule has 2 amide bonds. The Morgan fingerprint density at radius 2 is 1.72 bits per heavy atom. The van der Waals surface area contributed by atoms with Crippen LogP contribution in [0.3, 0.4) is 0 Å². The summed E-state index contributed by atoms with van der Waals surface area (Å²) in [6, 6.07) is 12.8. The zero-order valence-electron chi connectivity index (χ0n) is 13.4. The van der Waals surface area contributed by atoms with Crippen molar-refractivity contribution in [2.45, 2.75) is 19.4 Å². The predicted molar refractivity (Wildman–Crippen MR) is 91.4 cm³/mol. The minimum atomic E-state index is -0.317. The van der Waals surface area contributed by atoms with E-state index in [1.165, 1.54) is 4.90 Å². The molecule has 0 saturated carbocycles. The number of carbonyl (C=O) groups is 2. The van der Waals surface area contributed by atoms with Crippen molar-refractivity contribution in [1.82, 2.24) is 4.90 Å². The van der Waals surface area contributed by atoms with E-state index in [1.54, 1.807) is 18.2 Å². The number of imide groups is 1. The first-order valence-electron chi connectivity index (χ1n) is 8.07. The van der Waals surface area contributed by atoms with Gasteiger partial charge in [0.2, 0.25) is 18.6 Å². The Morgan fingerprint density at radius 1 is 1.00 bits per heavy atom. The molecule has 0 spiro atoms. The zero-order valence-corrected chi connectivity index (χ0v) is 14.2. The minimum Gasteiger partial charge on any atom is -0.454 e. The molecule has 2 aromatic rings. The summed E-state index contributed by atoms with van der Waals surface area (Å²) in [6.45, 7) is 0.453. The number of likely N-dealkylation sites (tertiary alicyclic amines) is 1. The fourth-order valence-electron chi connectivity index (χ4n) is 3.20. The maximum Gasteiger partial charge on any atom is 0.233 e. The highest BCUT2D eigenvalue weighted by atomic mass is 35.5. The van der Waals surface area contributed by atoms with Crippen LogP contribution in [0.25, 0.3) is 0 Å². The number of hydrogen-bond donors (Lipinski definition) is 0. The van der Waals surface area contributed by atoms with E-state index < -0.39 is 0 Å². The Kier molecular flexibility index (Phi) is 4.09. The molecular formula is C19H16ClNO4. The third-order valence-electron chi connectivity index (χ3n) is 4.51. The van der Waals surface area contributed by atoms with E-state index in [2.05, 4.69) is 0 Å². The molecule has 1 fully saturated rings. The first kappa shape index (κ1) is 16.0. The second-order valence-electron chi connectivity index (χ2n) is 6.24. The van der Waals surface area contributed by atoms with Gasteiger partial charge in [-0.25, -0.2) is 0 Å². The van der Waals surface area contributed by atoms with Crippen molar-refractivity contribution in [1.29, 1.82) is 0 Å². The van der Waals surface area contributed by atoms with Crippen molar-refractivity contribution in [3.63, 3.8) is 0 Å². The number of amides is 2. The zero-order chi connectivity index (χ0) is 17.4. The van der Waals surface area contributed by atoms with Crippen LogP contribution in [0.2, 0.25) is 5.02 Å². The van der Waals surface area contributed by atoms with Gasteiger partial charge < -0.3 is 9.47 Å². The highest BCUT2D eigenvalue weighted by Crippen LogP contribution is 2.33. The van der Waals surface area contributed by atoms with Crippen molar-refractivity contribution in [2.24, 2.45) is 5.92 Å². The van der Waals surface area contributed by atoms with Crippen molar-refractivity contribution < 1.29 is 19.1 Å². The average Bonchev–Trinajstić information content (AvgIpc) is 3.17. The average molecular weight is 358 g/mol. The summed E-state index contributed by atoms with van der Waals surface area (Å²) in [5, 5.41) is 0.655. The van der Waals surface area contributed by atoms with Crippen LogP contribution in [0.4, 0.5) is 0 Å². The fourth-order valence-corrected chi connectivity index (χ4v) is 3.33. The number of ether oxygens (including phenoxy) is 2. The molecule has 0 aromatic heterocycles. The summed E-state index contributed by atoms with van der Waals surface area (Å²) < 4.78 is 10.6. The van der Waals surface area contributed by atoms with Gasteiger partial charge in [-0.3, -0.25) is 14.5 Å². The standard InChI is InChI=1S/C19H16ClNO4/c20-15-4-1-12(2-5-15)7-14-9-18(22)21(19(14)23)10-13-3-6-16-17(8-13)25-11-24-16/h1-6,8,14H,7,9-11H2/t14-/m0/s1. The van der Waals surface area contributed by atoms with Crippen molar-refractivity contribution >= 4 is 23.4 Å². The van der Waals surface area contributed by atoms with Gasteiger partial charge in [0.1, 0.15) is 0 Å². The topological polar surface area (TPSA) is 55.8 Å². The second-order valence-corrected chi connectivity index (χ2v) is 6.67. The van der Waals surface area contributed by atoms with Crippen molar-refractivity contribution in [3.05, 3.63) is 58.6 Å². The maximum absolute atomic E-state index is 12.6. The highest BCUT2D eigenvalue weighted by Gasteiger charge is 2.38. The lowest BCUT2D eigenvalue weighted by Gasteiger charge is -2.15. The molecule has 0 bridgehead atoms. The molecule has 1 atom stereocenters. The van der Waals surface area contributed by atoms with Crippen LogP contribution in [-0.2, 0) is 22.6 Å². The molecule has 2 aromatic carbocycles. The molecule has 25 heavy (non-hydrogen) atoms. The SMILES string of the molecule is O=C1C[C@H](Cc2ccc(Cl)cc2)C(=O)N1Cc1ccc2c(c1)OCO2. The van der Waals surface area contributed by atoms with Gasteiger partial charge in [-0.1, -0.05) is 29.8 Å². The Labute approximate surface area is 150 Å². The lowest BCUT2D eigenvalue weighted by molar-refractivity contribution is -0.140. The summed E-state index contributed by atoms with van der Waals surface area (Å²) >= 11 is 5.89. The quantitative estimate of drug-likeness (QED) is 0.788. The van der Waals surface area contributed by atoms with Crippen LogP contribution >= 0.6 is 11.6 Å². The molecule has 1 saturated heterocycles. The Balaban J connectivity index is 1.46. The summed E-state index contributed by atoms with van der Waals surface area (Å²) in [5.74, 6) is 0.750. The van der Waals surface area contributed by atoms with E-state index in [0.29, 0.717) is 22.9 Å². The Hall–Kier alpha value is -2.53. The van der Waals surface area contributed by atoms with Gasteiger partial charge in [0.05, 0.1) is 12.5 Å². The fraction of sp³-hybridized carbons (Fsp3) is 0.263. The summed E-state index contributed by atoms with van der Waals surface area (Å²) in [6.07, 6.45) is 0.783. The molecule has 2 aliphatic rings. The molecule has 2 aliphatic heterocycles. The van der Waals surface area contributed by atoms with Crippen LogP contribution in [0, 0.1) is 5.92 Å². The third-order valence-corrected chi connectivity index (χ3v) is 4.76. The Morgan fingerprint density at radius 3 is 2.52 bits per heavy atom. The molecule has 0 aliphatic carbocycles. The third kappa shape index (κ3) is 3.20. The molecule has 0 N–H and O–H groups in total. The predicted octanol–water partition coefficient (Wildman–Crippen LogP) is 3.19. The minimum absolute atomic E-state index is 0.127. The first-order chi connectivity index (χ1) is 12.1. The number of carbonyl (C=O) groups excluding carboxylic acids is 2. The smallest absolute Gasteiger partial charge is 0.233 e. The number of halogens is 1. The van der Waals surface area contributed by atoms with Crippen LogP contribution in [0.1, 0.15) is 17.5 Å². The molecule has 0 radical (unpaired) electrons. The van der Waals surface area contributed by atoms with Gasteiger partial charge in [-0.15, -0.1) is 0 Å². The Bertz CT molecular complexity index is 834. The van der Waals surface area contributed by atoms with E-state index in [9.17, 15) is 9.59 Å². The van der Waals surface area contributed by atoms with E-state index >= 15 is 0 Å². The molecule has 6 heteroatoms. The van der Waals surface area contributed by atoms with Gasteiger partial charge in [0, 0.05) is 11.4 Å². The number of nitrogens with zero attached hydrogens (tertiary/aromatic N) is 1. The number of rotatable bonds is 4. The van der Waals surface area contributed by atoms with Gasteiger partial charge in [0.15, 0.2) is 11.5 Å². The highest BCUT2D eigenvalue weighted by molar-refractivity contribution is 6.30. The van der Waals surface area contributed by atoms with Crippen molar-refractivity contribution in [2.75, 3.05) is 6.79 Å². The van der Waals surface area contributed by atoms with E-state index in [1.807, 2.05) is 24.3 Å². The van der Waals surface area contributed by atoms with E-state index in [4.69, 9.17) is 21.1 Å². The number of hydrogen-bond acceptors (Lipinski definition) is 4. The summed E-state index contributed by atoms with van der Waals surface area (Å²) in [5.41, 5.74) is 1.85. The van der Waals surface area contributed by atoms with E-state index in [-0.39, 0.29) is 37.5 Å². The molecule has 2 heterocycles. The summed E-state index contributed by atoms with van der Waals surface area (Å²) in [7, 11) is 0. The van der Waals surface area contributed by atoms with Crippen LogP contribution in [-0.4, -0.2) is 23.5 Å². The van der Waals surface area contributed by atoms with Crippen molar-refractivity contribution in [3.8, 4) is 11.5 Å². The normalized spacial score (nSPS) is 18.9. The van der Waals surface area contributed by atoms with Gasteiger partial charge in [0.25, 0.3) is 0 Å². The summed E-state index contributed by atoms with van der Waals surface area (Å²) in [4.78, 5) is 26.3. The maximum atomic E-state index is 12.6. The second kappa shape index (κ2) is 6.41. The molecule has 128 valence electrons. The van der Waals surface area contributed by atoms with Gasteiger partial charge >= 0.3 is 0 Å². The largest absolute Gasteiger partial charge is 0.454 e. The van der Waals surface area contributed by atoms with Crippen LogP contribution in [0.15, 0.2) is 42.5 Å². The van der Waals surface area contributed by atoms with Gasteiger partial charge in [-0.2, -0.15) is 0 Å². The van der Waals surface area contributed by atoms with Gasteiger partial charge in [-0.05, 0) is 41.8 Å². The lowest BCUT2D eigenvalue weighted by Crippen LogP contribution is -2.30. The first-order valence-corrected chi connectivity index (χ1v) is 8.45. The molecular weight excluding hydrogens is 342 g/mol. The number of benzene rings is 2. The molecule has 5 nitrogen and oxygen atoms in total. The monoisotopic (exact) mass is 357 g/mol.